The molecule has 1 rings (SSSR count). The zero-order chi connectivity index (χ0) is 11.4. The maximum Gasteiger partial charge on any atom is 0.181 e. The molecule has 1 atom stereocenters. The van der Waals surface area contributed by atoms with Gasteiger partial charge in [0.25, 0.3) is 0 Å². The fraction of sp³-hybridized carbons (Fsp3) is 0.222. The topological polar surface area (TPSA) is 70.6 Å². The Labute approximate surface area is 85.4 Å². The number of amidine groups is 1. The van der Waals surface area contributed by atoms with E-state index in [9.17, 15) is 8.78 Å². The molecule has 4 nitrogen and oxygen atoms in total. The van der Waals surface area contributed by atoms with Gasteiger partial charge in [0.1, 0.15) is 0 Å². The predicted octanol–water partition coefficient (Wildman–Crippen LogP) is 1.51. The van der Waals surface area contributed by atoms with E-state index in [0.717, 1.165) is 6.07 Å². The summed E-state index contributed by atoms with van der Waals surface area (Å²) in [5.74, 6) is -2.06. The van der Waals surface area contributed by atoms with Crippen molar-refractivity contribution < 1.29 is 14.0 Å². The summed E-state index contributed by atoms with van der Waals surface area (Å²) < 4.78 is 25.9. The van der Waals surface area contributed by atoms with Crippen LogP contribution in [0, 0.1) is 11.6 Å². The molecule has 0 aromatic heterocycles. The summed E-state index contributed by atoms with van der Waals surface area (Å²) in [6.07, 6.45) is 0. The zero-order valence-corrected chi connectivity index (χ0v) is 8.04. The molecule has 0 fully saturated rings. The molecule has 6 heteroatoms. The molecule has 1 aromatic carbocycles. The van der Waals surface area contributed by atoms with Crippen molar-refractivity contribution in [3.8, 4) is 0 Å². The van der Waals surface area contributed by atoms with E-state index < -0.39 is 17.7 Å². The van der Waals surface area contributed by atoms with Crippen molar-refractivity contribution in [3.63, 3.8) is 0 Å². The van der Waals surface area contributed by atoms with Gasteiger partial charge in [0.05, 0.1) is 11.7 Å². The van der Waals surface area contributed by atoms with Crippen molar-refractivity contribution in [1.29, 1.82) is 0 Å². The molecule has 0 saturated carbocycles. The molecule has 1 aromatic rings. The van der Waals surface area contributed by atoms with E-state index in [2.05, 4.69) is 10.5 Å². The Bertz CT molecular complexity index is 382. The summed E-state index contributed by atoms with van der Waals surface area (Å²) in [5.41, 5.74) is 5.24. The first-order valence-electron chi connectivity index (χ1n) is 4.24. The molecule has 0 aliphatic carbocycles. The van der Waals surface area contributed by atoms with Gasteiger partial charge in [-0.2, -0.15) is 0 Å². The van der Waals surface area contributed by atoms with Crippen LogP contribution in [0.3, 0.4) is 0 Å². The van der Waals surface area contributed by atoms with Crippen LogP contribution in [0.2, 0.25) is 0 Å². The molecule has 0 bridgehead atoms. The largest absolute Gasteiger partial charge is 0.409 e. The Hall–Kier alpha value is -1.85. The minimum absolute atomic E-state index is 0.0332. The zero-order valence-electron chi connectivity index (χ0n) is 8.04. The minimum Gasteiger partial charge on any atom is -0.409 e. The van der Waals surface area contributed by atoms with Crippen molar-refractivity contribution >= 4 is 11.5 Å². The van der Waals surface area contributed by atoms with Crippen LogP contribution in [-0.4, -0.2) is 17.1 Å². The van der Waals surface area contributed by atoms with Gasteiger partial charge in [-0.15, -0.1) is 0 Å². The molecule has 4 N–H and O–H groups in total. The normalized spacial score (nSPS) is 13.7. The van der Waals surface area contributed by atoms with Crippen LogP contribution in [0.1, 0.15) is 6.92 Å². The molecule has 0 heterocycles. The first-order chi connectivity index (χ1) is 7.06. The number of anilines is 1. The molecule has 82 valence electrons. The minimum atomic E-state index is -0.991. The predicted molar refractivity (Wildman–Crippen MR) is 52.9 cm³/mol. The SMILES string of the molecule is CC(Nc1cccc(F)c1F)C(N)=NO. The van der Waals surface area contributed by atoms with Crippen LogP contribution >= 0.6 is 0 Å². The molecule has 0 amide bonds. The van der Waals surface area contributed by atoms with E-state index in [4.69, 9.17) is 10.9 Å². The highest BCUT2D eigenvalue weighted by Crippen LogP contribution is 2.17. The lowest BCUT2D eigenvalue weighted by Gasteiger charge is -2.14. The number of halogens is 2. The Kier molecular flexibility index (Phi) is 3.43. The van der Waals surface area contributed by atoms with Gasteiger partial charge < -0.3 is 16.3 Å². The molecular formula is C9H11F2N3O. The Morgan fingerprint density at radius 1 is 1.53 bits per heavy atom. The Morgan fingerprint density at radius 3 is 2.80 bits per heavy atom. The highest BCUT2D eigenvalue weighted by atomic mass is 19.2. The lowest BCUT2D eigenvalue weighted by atomic mass is 10.2. The highest BCUT2D eigenvalue weighted by molar-refractivity contribution is 5.87. The number of hydrogen-bond donors (Lipinski definition) is 3. The summed E-state index contributed by atoms with van der Waals surface area (Å²) in [4.78, 5) is 0. The number of oxime groups is 1. The van der Waals surface area contributed by atoms with Gasteiger partial charge in [-0.25, -0.2) is 8.78 Å². The second-order valence-electron chi connectivity index (χ2n) is 2.99. The summed E-state index contributed by atoms with van der Waals surface area (Å²) >= 11 is 0. The van der Waals surface area contributed by atoms with Crippen LogP contribution in [0.4, 0.5) is 14.5 Å². The lowest BCUT2D eigenvalue weighted by molar-refractivity contribution is 0.316. The van der Waals surface area contributed by atoms with Gasteiger partial charge in [0.2, 0.25) is 0 Å². The van der Waals surface area contributed by atoms with Crippen molar-refractivity contribution in [2.75, 3.05) is 5.32 Å². The van der Waals surface area contributed by atoms with Crippen LogP contribution in [0.5, 0.6) is 0 Å². The molecular weight excluding hydrogens is 204 g/mol. The van der Waals surface area contributed by atoms with Crippen molar-refractivity contribution in [2.24, 2.45) is 10.9 Å². The van der Waals surface area contributed by atoms with Gasteiger partial charge >= 0.3 is 0 Å². The molecule has 0 aliphatic heterocycles. The monoisotopic (exact) mass is 215 g/mol. The molecule has 0 aliphatic rings. The third-order valence-corrected chi connectivity index (χ3v) is 1.88. The van der Waals surface area contributed by atoms with Gasteiger partial charge in [-0.1, -0.05) is 11.2 Å². The average molecular weight is 215 g/mol. The highest BCUT2D eigenvalue weighted by Gasteiger charge is 2.12. The molecule has 1 unspecified atom stereocenters. The second kappa shape index (κ2) is 4.59. The van der Waals surface area contributed by atoms with E-state index in [1.54, 1.807) is 6.92 Å². The van der Waals surface area contributed by atoms with E-state index in [0.29, 0.717) is 0 Å². The van der Waals surface area contributed by atoms with Crippen LogP contribution in [-0.2, 0) is 0 Å². The van der Waals surface area contributed by atoms with E-state index in [1.165, 1.54) is 12.1 Å². The van der Waals surface area contributed by atoms with Crippen LogP contribution in [0.15, 0.2) is 23.4 Å². The smallest absolute Gasteiger partial charge is 0.181 e. The maximum absolute atomic E-state index is 13.1. The van der Waals surface area contributed by atoms with Gasteiger partial charge in [-0.05, 0) is 19.1 Å². The fourth-order valence-corrected chi connectivity index (χ4v) is 1.01. The van der Waals surface area contributed by atoms with Crippen molar-refractivity contribution in [1.82, 2.24) is 0 Å². The number of nitrogens with zero attached hydrogens (tertiary/aromatic N) is 1. The fourth-order valence-electron chi connectivity index (χ4n) is 1.01. The number of rotatable bonds is 3. The molecule has 0 spiro atoms. The van der Waals surface area contributed by atoms with E-state index in [-0.39, 0.29) is 11.5 Å². The molecule has 0 saturated heterocycles. The van der Waals surface area contributed by atoms with Crippen LogP contribution in [0.25, 0.3) is 0 Å². The summed E-state index contributed by atoms with van der Waals surface area (Å²) in [6, 6.07) is 3.14. The lowest BCUT2D eigenvalue weighted by Crippen LogP contribution is -2.33. The second-order valence-corrected chi connectivity index (χ2v) is 2.99. The number of hydrogen-bond acceptors (Lipinski definition) is 3. The third kappa shape index (κ3) is 2.55. The van der Waals surface area contributed by atoms with Gasteiger partial charge in [-0.3, -0.25) is 0 Å². The first kappa shape index (κ1) is 11.2. The van der Waals surface area contributed by atoms with Crippen LogP contribution < -0.4 is 11.1 Å². The van der Waals surface area contributed by atoms with E-state index >= 15 is 0 Å². The Balaban J connectivity index is 2.86. The standard InChI is InChI=1S/C9H11F2N3O/c1-5(9(12)14-15)13-7-4-2-3-6(10)8(7)11/h2-5,13,15H,1H3,(H2,12,14). The quantitative estimate of drug-likeness (QED) is 0.310. The molecule has 15 heavy (non-hydrogen) atoms. The number of benzene rings is 1. The number of nitrogens with two attached hydrogens (primary N) is 1. The average Bonchev–Trinajstić information content (AvgIpc) is 2.23. The van der Waals surface area contributed by atoms with Gasteiger partial charge in [0, 0.05) is 0 Å². The van der Waals surface area contributed by atoms with Crippen molar-refractivity contribution in [3.05, 3.63) is 29.8 Å². The maximum atomic E-state index is 13.1. The van der Waals surface area contributed by atoms with Crippen molar-refractivity contribution in [2.45, 2.75) is 13.0 Å². The summed E-state index contributed by atoms with van der Waals surface area (Å²) in [6.45, 7) is 1.55. The summed E-state index contributed by atoms with van der Waals surface area (Å²) in [7, 11) is 0. The number of nitrogens with one attached hydrogen (secondary N) is 1. The summed E-state index contributed by atoms with van der Waals surface area (Å²) in [5, 5.41) is 13.7. The first-order valence-corrected chi connectivity index (χ1v) is 4.24. The molecule has 0 radical (unpaired) electrons. The van der Waals surface area contributed by atoms with Gasteiger partial charge in [0.15, 0.2) is 17.5 Å². The Morgan fingerprint density at radius 2 is 2.20 bits per heavy atom. The van der Waals surface area contributed by atoms with E-state index in [1.807, 2.05) is 0 Å². The third-order valence-electron chi connectivity index (χ3n) is 1.88.